The molecule has 1 fully saturated rings. The molecule has 9 nitrogen and oxygen atoms in total. The van der Waals surface area contributed by atoms with E-state index < -0.39 is 11.7 Å². The zero-order valence-electron chi connectivity index (χ0n) is 20.5. The maximum Gasteiger partial charge on any atom is 0.257 e. The van der Waals surface area contributed by atoms with E-state index in [0.29, 0.717) is 47.6 Å². The van der Waals surface area contributed by atoms with Gasteiger partial charge < -0.3 is 29.4 Å². The van der Waals surface area contributed by atoms with Crippen LogP contribution in [0.3, 0.4) is 0 Å². The number of aromatic nitrogens is 3. The Kier molecular flexibility index (Phi) is 6.71. The van der Waals surface area contributed by atoms with Gasteiger partial charge in [0.15, 0.2) is 11.5 Å². The van der Waals surface area contributed by atoms with Gasteiger partial charge in [0, 0.05) is 61.8 Å². The summed E-state index contributed by atoms with van der Waals surface area (Å²) in [5, 5.41) is 7.00. The summed E-state index contributed by atoms with van der Waals surface area (Å²) in [6.07, 6.45) is 4.38. The van der Waals surface area contributed by atoms with Crippen LogP contribution in [-0.4, -0.2) is 66.8 Å². The van der Waals surface area contributed by atoms with E-state index in [-0.39, 0.29) is 5.65 Å². The average molecular weight is 493 g/mol. The molecule has 3 aromatic heterocycles. The van der Waals surface area contributed by atoms with Crippen molar-refractivity contribution < 1.29 is 18.7 Å². The van der Waals surface area contributed by atoms with Crippen molar-refractivity contribution in [2.45, 2.75) is 19.4 Å². The normalized spacial score (nSPS) is 15.7. The van der Waals surface area contributed by atoms with Crippen molar-refractivity contribution >= 4 is 33.8 Å². The molecule has 0 bridgehead atoms. The SMILES string of the molecule is CNC1CCN(c2ccc(C(=O)Nc3cc(F)c4nc(C)cn4c3)c3nc(OCCOC)ccc23)C1. The third kappa shape index (κ3) is 4.69. The molecule has 1 aromatic carbocycles. The Morgan fingerprint density at radius 2 is 2.06 bits per heavy atom. The third-order valence-corrected chi connectivity index (χ3v) is 6.41. The van der Waals surface area contributed by atoms with Crippen molar-refractivity contribution in [3.8, 4) is 5.88 Å². The van der Waals surface area contributed by atoms with E-state index in [2.05, 4.69) is 25.5 Å². The number of nitrogens with zero attached hydrogens (tertiary/aromatic N) is 4. The van der Waals surface area contributed by atoms with Crippen LogP contribution in [0.4, 0.5) is 15.8 Å². The number of amides is 1. The molecule has 1 atom stereocenters. The second-order valence-corrected chi connectivity index (χ2v) is 8.88. The van der Waals surface area contributed by atoms with Gasteiger partial charge in [0.05, 0.1) is 29.1 Å². The number of ether oxygens (including phenoxy) is 2. The highest BCUT2D eigenvalue weighted by atomic mass is 19.1. The van der Waals surface area contributed by atoms with Crippen molar-refractivity contribution in [1.29, 1.82) is 0 Å². The minimum Gasteiger partial charge on any atom is -0.475 e. The molecule has 1 amide bonds. The molecule has 10 heteroatoms. The minimum atomic E-state index is -0.513. The highest BCUT2D eigenvalue weighted by Gasteiger charge is 2.24. The first-order chi connectivity index (χ1) is 17.5. The summed E-state index contributed by atoms with van der Waals surface area (Å²) in [4.78, 5) is 24.5. The first-order valence-corrected chi connectivity index (χ1v) is 11.9. The molecule has 0 radical (unpaired) electrons. The number of pyridine rings is 2. The summed E-state index contributed by atoms with van der Waals surface area (Å²) in [5.74, 6) is -0.499. The van der Waals surface area contributed by atoms with Crippen LogP contribution in [0.5, 0.6) is 5.88 Å². The van der Waals surface area contributed by atoms with Crippen molar-refractivity contribution in [2.75, 3.05) is 50.7 Å². The summed E-state index contributed by atoms with van der Waals surface area (Å²) >= 11 is 0. The van der Waals surface area contributed by atoms with Crippen molar-refractivity contribution in [1.82, 2.24) is 19.7 Å². The molecule has 188 valence electrons. The number of methoxy groups -OCH3 is 1. The van der Waals surface area contributed by atoms with E-state index in [1.54, 1.807) is 43.0 Å². The molecule has 5 rings (SSSR count). The second kappa shape index (κ2) is 10.1. The first kappa shape index (κ1) is 24.0. The molecule has 0 spiro atoms. The lowest BCUT2D eigenvalue weighted by atomic mass is 10.1. The summed E-state index contributed by atoms with van der Waals surface area (Å²) < 4.78 is 26.9. The van der Waals surface area contributed by atoms with Crippen LogP contribution in [0.2, 0.25) is 0 Å². The number of fused-ring (bicyclic) bond motifs is 2. The summed E-state index contributed by atoms with van der Waals surface area (Å²) in [6, 6.07) is 9.13. The average Bonchev–Trinajstić information content (AvgIpc) is 3.49. The van der Waals surface area contributed by atoms with Crippen LogP contribution in [0, 0.1) is 12.7 Å². The Morgan fingerprint density at radius 3 is 2.83 bits per heavy atom. The van der Waals surface area contributed by atoms with Gasteiger partial charge in [0.2, 0.25) is 5.88 Å². The Morgan fingerprint density at radius 1 is 1.19 bits per heavy atom. The van der Waals surface area contributed by atoms with Crippen LogP contribution in [0.25, 0.3) is 16.6 Å². The number of anilines is 2. The van der Waals surface area contributed by atoms with Gasteiger partial charge in [0.25, 0.3) is 5.91 Å². The fourth-order valence-corrected chi connectivity index (χ4v) is 4.61. The molecule has 4 aromatic rings. The van der Waals surface area contributed by atoms with Crippen LogP contribution < -0.4 is 20.3 Å². The number of hydrogen-bond acceptors (Lipinski definition) is 7. The van der Waals surface area contributed by atoms with Gasteiger partial charge in [-0.25, -0.2) is 14.4 Å². The lowest BCUT2D eigenvalue weighted by Crippen LogP contribution is -2.29. The molecule has 0 aliphatic carbocycles. The lowest BCUT2D eigenvalue weighted by molar-refractivity contribution is 0.102. The number of nitrogens with one attached hydrogen (secondary N) is 2. The van der Waals surface area contributed by atoms with E-state index >= 15 is 0 Å². The highest BCUT2D eigenvalue weighted by molar-refractivity contribution is 6.14. The van der Waals surface area contributed by atoms with Gasteiger partial charge in [-0.2, -0.15) is 0 Å². The largest absolute Gasteiger partial charge is 0.475 e. The number of rotatable bonds is 8. The maximum atomic E-state index is 14.6. The van der Waals surface area contributed by atoms with E-state index in [9.17, 15) is 9.18 Å². The Bertz CT molecular complexity index is 1420. The smallest absolute Gasteiger partial charge is 0.257 e. The monoisotopic (exact) mass is 492 g/mol. The maximum absolute atomic E-state index is 14.6. The third-order valence-electron chi connectivity index (χ3n) is 6.41. The van der Waals surface area contributed by atoms with Gasteiger partial charge in [-0.15, -0.1) is 0 Å². The van der Waals surface area contributed by atoms with E-state index in [0.717, 1.165) is 30.6 Å². The van der Waals surface area contributed by atoms with E-state index in [1.165, 1.54) is 6.07 Å². The zero-order valence-corrected chi connectivity index (χ0v) is 20.5. The van der Waals surface area contributed by atoms with E-state index in [4.69, 9.17) is 9.47 Å². The van der Waals surface area contributed by atoms with Crippen molar-refractivity contribution in [2.24, 2.45) is 0 Å². The molecular weight excluding hydrogens is 463 g/mol. The molecule has 1 aliphatic heterocycles. The lowest BCUT2D eigenvalue weighted by Gasteiger charge is -2.22. The van der Waals surface area contributed by atoms with Gasteiger partial charge in [-0.3, -0.25) is 4.79 Å². The second-order valence-electron chi connectivity index (χ2n) is 8.88. The fraction of sp³-hybridized carbons (Fsp3) is 0.346. The van der Waals surface area contributed by atoms with Gasteiger partial charge in [0.1, 0.15) is 6.61 Å². The van der Waals surface area contributed by atoms with Gasteiger partial charge in [-0.1, -0.05) is 0 Å². The van der Waals surface area contributed by atoms with Crippen molar-refractivity contribution in [3.63, 3.8) is 0 Å². The van der Waals surface area contributed by atoms with Gasteiger partial charge >= 0.3 is 0 Å². The van der Waals surface area contributed by atoms with Gasteiger partial charge in [-0.05, 0) is 38.6 Å². The number of benzene rings is 1. The number of carbonyl (C=O) groups excluding carboxylic acids is 1. The molecule has 0 saturated carbocycles. The molecule has 1 aliphatic rings. The highest BCUT2D eigenvalue weighted by Crippen LogP contribution is 2.33. The number of imidazole rings is 1. The fourth-order valence-electron chi connectivity index (χ4n) is 4.61. The van der Waals surface area contributed by atoms with Crippen LogP contribution in [0.15, 0.2) is 42.7 Å². The Labute approximate surface area is 208 Å². The summed E-state index contributed by atoms with van der Waals surface area (Å²) in [6.45, 7) is 4.33. The minimum absolute atomic E-state index is 0.213. The Hall–Kier alpha value is -3.76. The quantitative estimate of drug-likeness (QED) is 0.364. The predicted octanol–water partition coefficient (Wildman–Crippen LogP) is 3.41. The zero-order chi connectivity index (χ0) is 25.2. The molecule has 36 heavy (non-hydrogen) atoms. The number of carbonyl (C=O) groups is 1. The number of halogens is 1. The van der Waals surface area contributed by atoms with Crippen LogP contribution in [-0.2, 0) is 4.74 Å². The number of likely N-dealkylation sites (N-methyl/N-ethyl adjacent to an activating group) is 1. The Balaban J connectivity index is 1.51. The van der Waals surface area contributed by atoms with Crippen LogP contribution in [0.1, 0.15) is 22.5 Å². The predicted molar refractivity (Wildman–Crippen MR) is 137 cm³/mol. The molecule has 1 unspecified atom stereocenters. The molecular formula is C26H29FN6O3. The standard InChI is InChI=1S/C26H29FN6O3/c1-16-13-33-15-18(12-21(27)25(33)29-16)30-26(34)20-4-6-22(32-9-8-17(14-32)28-2)19-5-7-23(31-24(19)20)36-11-10-35-3/h4-7,12-13,15,17,28H,8-11,14H2,1-3H3,(H,30,34). The topological polar surface area (TPSA) is 93.0 Å². The summed E-state index contributed by atoms with van der Waals surface area (Å²) in [7, 11) is 3.57. The van der Waals surface area contributed by atoms with Crippen LogP contribution >= 0.6 is 0 Å². The number of hydrogen-bond donors (Lipinski definition) is 2. The number of aryl methyl sites for hydroxylation is 1. The summed E-state index contributed by atoms with van der Waals surface area (Å²) in [5.41, 5.74) is 3.13. The van der Waals surface area contributed by atoms with Crippen molar-refractivity contribution in [3.05, 3.63) is 59.8 Å². The first-order valence-electron chi connectivity index (χ1n) is 11.9. The molecule has 1 saturated heterocycles. The molecule has 4 heterocycles. The van der Waals surface area contributed by atoms with E-state index in [1.807, 2.05) is 19.2 Å². The molecule has 2 N–H and O–H groups in total.